The average Bonchev–Trinajstić information content (AvgIpc) is 3.17. The second kappa shape index (κ2) is 9.78. The van der Waals surface area contributed by atoms with Crippen molar-refractivity contribution < 1.29 is 8.63 Å². The summed E-state index contributed by atoms with van der Waals surface area (Å²) in [5, 5.41) is 8.62. The molecule has 7 nitrogen and oxygen atoms in total. The quantitative estimate of drug-likeness (QED) is 0.281. The van der Waals surface area contributed by atoms with Crippen molar-refractivity contribution in [3.8, 4) is 11.5 Å². The minimum Gasteiger partial charge on any atom is -0.411 e. The highest BCUT2D eigenvalue weighted by atomic mass is 32.2. The molecular weight excluding hydrogens is 414 g/mol. The van der Waals surface area contributed by atoms with E-state index in [2.05, 4.69) is 21.0 Å². The van der Waals surface area contributed by atoms with Crippen LogP contribution in [0.25, 0.3) is 11.5 Å². The fraction of sp³-hybridized carbons (Fsp3) is 0.167. The molecule has 3 rings (SSSR count). The molecule has 1 heterocycles. The predicted octanol–water partition coefficient (Wildman–Crippen LogP) is 2.61. The van der Waals surface area contributed by atoms with Crippen LogP contribution < -0.4 is 16.6 Å². The van der Waals surface area contributed by atoms with Crippen molar-refractivity contribution in [2.75, 3.05) is 6.26 Å². The molecule has 0 spiro atoms. The van der Waals surface area contributed by atoms with Gasteiger partial charge in [0.05, 0.1) is 6.04 Å². The standard InChI is InChI=1S/C18H19N5O2S3/c1-28(24)16(14(20-22-17(19)26)12-8-4-2-5-9-12)27-18-23-21-15(25-18)13-10-6-3-7-11-13/h2-11,14,16,20H,1H3,(H3,19,22,26)/t14-,16-,28?/m0/s1. The molecule has 0 saturated heterocycles. The minimum atomic E-state index is -1.24. The first-order valence-electron chi connectivity index (χ1n) is 8.28. The zero-order valence-electron chi connectivity index (χ0n) is 14.9. The molecule has 1 unspecified atom stereocenters. The Labute approximate surface area is 174 Å². The molecule has 2 aromatic carbocycles. The number of thioether (sulfide) groups is 1. The number of nitrogens with two attached hydrogens (primary N) is 1. The van der Waals surface area contributed by atoms with Gasteiger partial charge >= 0.3 is 0 Å². The lowest BCUT2D eigenvalue weighted by Crippen LogP contribution is -2.46. The molecule has 1 aromatic heterocycles. The van der Waals surface area contributed by atoms with Crippen LogP contribution in [0.4, 0.5) is 0 Å². The number of nitrogens with zero attached hydrogens (tertiary/aromatic N) is 2. The molecule has 0 aliphatic carbocycles. The Morgan fingerprint density at radius 2 is 1.79 bits per heavy atom. The molecule has 0 bridgehead atoms. The lowest BCUT2D eigenvalue weighted by Gasteiger charge is -2.25. The van der Waals surface area contributed by atoms with Gasteiger partial charge in [-0.25, -0.2) is 5.43 Å². The smallest absolute Gasteiger partial charge is 0.278 e. The molecule has 146 valence electrons. The van der Waals surface area contributed by atoms with Gasteiger partial charge in [0.15, 0.2) is 5.11 Å². The molecular formula is C18H19N5O2S3. The number of hydrogen-bond donors (Lipinski definition) is 3. The summed E-state index contributed by atoms with van der Waals surface area (Å²) in [6.07, 6.45) is 1.63. The van der Waals surface area contributed by atoms with Crippen LogP contribution in [-0.2, 0) is 10.8 Å². The maximum Gasteiger partial charge on any atom is 0.278 e. The van der Waals surface area contributed by atoms with Crippen molar-refractivity contribution in [2.45, 2.75) is 15.8 Å². The van der Waals surface area contributed by atoms with Gasteiger partial charge in [-0.3, -0.25) is 9.63 Å². The van der Waals surface area contributed by atoms with E-state index in [1.165, 1.54) is 11.8 Å². The van der Waals surface area contributed by atoms with Crippen molar-refractivity contribution in [1.29, 1.82) is 0 Å². The van der Waals surface area contributed by atoms with Crippen LogP contribution in [0.15, 0.2) is 70.3 Å². The van der Waals surface area contributed by atoms with E-state index in [0.717, 1.165) is 11.1 Å². The van der Waals surface area contributed by atoms with Crippen LogP contribution in [0.5, 0.6) is 0 Å². The Bertz CT molecular complexity index is 937. The lowest BCUT2D eigenvalue weighted by molar-refractivity contribution is 0.462. The SMILES string of the molecule is CS(=O)[C@H](Sc1nnc(-c2ccccc2)o1)[C@@H](NNC(N)=S)c1ccccc1. The predicted molar refractivity (Wildman–Crippen MR) is 116 cm³/mol. The van der Waals surface area contributed by atoms with Crippen LogP contribution in [0.1, 0.15) is 11.6 Å². The van der Waals surface area contributed by atoms with Gasteiger partial charge in [0, 0.05) is 22.6 Å². The second-order valence-corrected chi connectivity index (χ2v) is 9.08. The van der Waals surface area contributed by atoms with Gasteiger partial charge in [-0.05, 0) is 41.7 Å². The van der Waals surface area contributed by atoms with Crippen molar-refractivity contribution in [2.24, 2.45) is 5.73 Å². The first-order valence-corrected chi connectivity index (χ1v) is 11.2. The molecule has 3 atom stereocenters. The Morgan fingerprint density at radius 3 is 2.39 bits per heavy atom. The van der Waals surface area contributed by atoms with E-state index in [4.69, 9.17) is 22.4 Å². The van der Waals surface area contributed by atoms with E-state index in [9.17, 15) is 4.21 Å². The highest BCUT2D eigenvalue weighted by molar-refractivity contribution is 8.11. The molecule has 0 saturated carbocycles. The zero-order chi connectivity index (χ0) is 19.9. The van der Waals surface area contributed by atoms with E-state index in [1.54, 1.807) is 6.26 Å². The summed E-state index contributed by atoms with van der Waals surface area (Å²) in [5.74, 6) is 0.411. The average molecular weight is 434 g/mol. The first-order chi connectivity index (χ1) is 13.5. The fourth-order valence-corrected chi connectivity index (χ4v) is 4.73. The van der Waals surface area contributed by atoms with Gasteiger partial charge in [-0.2, -0.15) is 0 Å². The van der Waals surface area contributed by atoms with Crippen LogP contribution in [0.2, 0.25) is 0 Å². The highest BCUT2D eigenvalue weighted by Crippen LogP contribution is 2.34. The summed E-state index contributed by atoms with van der Waals surface area (Å²) < 4.78 is 17.9. The van der Waals surface area contributed by atoms with Gasteiger partial charge in [-0.15, -0.1) is 10.2 Å². The number of thiocarbonyl (C=S) groups is 1. The first kappa shape index (κ1) is 20.5. The summed E-state index contributed by atoms with van der Waals surface area (Å²) in [6, 6.07) is 18.7. The van der Waals surface area contributed by atoms with Crippen molar-refractivity contribution in [3.05, 3.63) is 66.2 Å². The van der Waals surface area contributed by atoms with Crippen LogP contribution in [0, 0.1) is 0 Å². The van der Waals surface area contributed by atoms with Gasteiger partial charge < -0.3 is 10.2 Å². The molecule has 0 radical (unpaired) electrons. The summed E-state index contributed by atoms with van der Waals surface area (Å²) in [4.78, 5) is 0. The minimum absolute atomic E-state index is 0.0933. The third kappa shape index (κ3) is 5.38. The number of hydrogen-bond acceptors (Lipinski definition) is 7. The maximum atomic E-state index is 12.6. The van der Waals surface area contributed by atoms with Gasteiger partial charge in [-0.1, -0.05) is 48.5 Å². The summed E-state index contributed by atoms with van der Waals surface area (Å²) in [7, 11) is -1.24. The van der Waals surface area contributed by atoms with Crippen molar-refractivity contribution in [1.82, 2.24) is 21.0 Å². The Kier molecular flexibility index (Phi) is 7.15. The monoisotopic (exact) mass is 433 g/mol. The van der Waals surface area contributed by atoms with E-state index in [1.807, 2.05) is 60.7 Å². The van der Waals surface area contributed by atoms with E-state index in [-0.39, 0.29) is 11.2 Å². The number of hydrazine groups is 1. The van der Waals surface area contributed by atoms with Gasteiger partial charge in [0.1, 0.15) is 4.58 Å². The van der Waals surface area contributed by atoms with E-state index < -0.39 is 15.4 Å². The molecule has 0 fully saturated rings. The largest absolute Gasteiger partial charge is 0.411 e. The molecule has 3 aromatic rings. The fourth-order valence-electron chi connectivity index (χ4n) is 2.50. The number of aromatic nitrogens is 2. The number of benzene rings is 2. The third-order valence-electron chi connectivity index (χ3n) is 3.75. The Balaban J connectivity index is 1.85. The molecule has 10 heteroatoms. The highest BCUT2D eigenvalue weighted by Gasteiger charge is 2.30. The van der Waals surface area contributed by atoms with Gasteiger partial charge in [0.2, 0.25) is 5.89 Å². The summed E-state index contributed by atoms with van der Waals surface area (Å²) in [5.41, 5.74) is 13.1. The van der Waals surface area contributed by atoms with Crippen LogP contribution in [-0.4, -0.2) is 30.4 Å². The second-order valence-electron chi connectivity index (χ2n) is 5.75. The lowest BCUT2D eigenvalue weighted by atomic mass is 10.1. The van der Waals surface area contributed by atoms with E-state index in [0.29, 0.717) is 11.1 Å². The maximum absolute atomic E-state index is 12.6. The normalized spacial score (nSPS) is 14.2. The Hall–Kier alpha value is -2.27. The number of nitrogens with one attached hydrogen (secondary N) is 2. The van der Waals surface area contributed by atoms with Gasteiger partial charge in [0.25, 0.3) is 5.22 Å². The Morgan fingerprint density at radius 1 is 1.14 bits per heavy atom. The molecule has 0 amide bonds. The molecule has 28 heavy (non-hydrogen) atoms. The van der Waals surface area contributed by atoms with E-state index >= 15 is 0 Å². The topological polar surface area (TPSA) is 106 Å². The molecule has 0 aliphatic heterocycles. The molecule has 4 N–H and O–H groups in total. The van der Waals surface area contributed by atoms with Crippen molar-refractivity contribution >= 4 is 39.9 Å². The third-order valence-corrected chi connectivity index (χ3v) is 6.75. The van der Waals surface area contributed by atoms with Crippen LogP contribution >= 0.6 is 24.0 Å². The zero-order valence-corrected chi connectivity index (χ0v) is 17.4. The molecule has 0 aliphatic rings. The van der Waals surface area contributed by atoms with Crippen LogP contribution in [0.3, 0.4) is 0 Å². The van der Waals surface area contributed by atoms with Crippen molar-refractivity contribution in [3.63, 3.8) is 0 Å². The summed E-state index contributed by atoms with van der Waals surface area (Å²) in [6.45, 7) is 0. The number of rotatable bonds is 8. The summed E-state index contributed by atoms with van der Waals surface area (Å²) >= 11 is 6.12.